The van der Waals surface area contributed by atoms with Gasteiger partial charge in [-0.25, -0.2) is 13.1 Å². The summed E-state index contributed by atoms with van der Waals surface area (Å²) in [6, 6.07) is 1.07. The van der Waals surface area contributed by atoms with Crippen LogP contribution in [0.1, 0.15) is 44.8 Å². The number of hydrogen-bond donors (Lipinski definition) is 2. The molecule has 1 aromatic rings. The van der Waals surface area contributed by atoms with Crippen molar-refractivity contribution in [3.8, 4) is 0 Å². The Bertz CT molecular complexity index is 624. The Morgan fingerprint density at radius 3 is 2.82 bits per heavy atom. The molecule has 0 saturated carbocycles. The summed E-state index contributed by atoms with van der Waals surface area (Å²) in [5.41, 5.74) is 0.796. The Morgan fingerprint density at radius 1 is 1.50 bits per heavy atom. The van der Waals surface area contributed by atoms with Gasteiger partial charge in [-0.3, -0.25) is 9.48 Å². The summed E-state index contributed by atoms with van der Waals surface area (Å²) in [5, 5.41) is 6.97. The molecule has 0 bridgehead atoms. The third-order valence-corrected chi connectivity index (χ3v) is 5.31. The van der Waals surface area contributed by atoms with Crippen molar-refractivity contribution in [2.45, 2.75) is 45.2 Å². The molecule has 1 aromatic heterocycles. The second-order valence-electron chi connectivity index (χ2n) is 6.19. The number of amides is 1. The fourth-order valence-corrected chi connectivity index (χ4v) is 4.19. The molecule has 7 nitrogen and oxygen atoms in total. The van der Waals surface area contributed by atoms with E-state index in [-0.39, 0.29) is 23.7 Å². The molecule has 2 N–H and O–H groups in total. The summed E-state index contributed by atoms with van der Waals surface area (Å²) < 4.78 is 28.9. The number of carbonyl (C=O) groups excluding carboxylic acids is 1. The van der Waals surface area contributed by atoms with E-state index in [1.54, 1.807) is 24.0 Å². The van der Waals surface area contributed by atoms with Gasteiger partial charge in [-0.05, 0) is 24.8 Å². The van der Waals surface area contributed by atoms with Crippen LogP contribution >= 0.6 is 0 Å². The molecule has 1 fully saturated rings. The lowest BCUT2D eigenvalue weighted by Crippen LogP contribution is -2.51. The minimum atomic E-state index is -3.36. The Balaban J connectivity index is 2.13. The molecular weight excluding hydrogens is 304 g/mol. The Hall–Kier alpha value is -1.41. The van der Waals surface area contributed by atoms with Crippen molar-refractivity contribution in [1.82, 2.24) is 19.8 Å². The SMILES string of the molecule is CC(C)CCS(=O)(=O)N[C@@H]1CCC(=O)N[C@H]1c1ccnn1C. The molecule has 0 aliphatic carbocycles. The van der Waals surface area contributed by atoms with Crippen molar-refractivity contribution < 1.29 is 13.2 Å². The van der Waals surface area contributed by atoms with Gasteiger partial charge in [0.2, 0.25) is 15.9 Å². The van der Waals surface area contributed by atoms with Crippen molar-refractivity contribution >= 4 is 15.9 Å². The molecule has 1 aliphatic rings. The molecule has 0 unspecified atom stereocenters. The second kappa shape index (κ2) is 6.78. The fourth-order valence-electron chi connectivity index (χ4n) is 2.58. The number of rotatable bonds is 6. The van der Waals surface area contributed by atoms with Gasteiger partial charge in [0.25, 0.3) is 0 Å². The highest BCUT2D eigenvalue weighted by Crippen LogP contribution is 2.24. The predicted molar refractivity (Wildman–Crippen MR) is 83.5 cm³/mol. The molecule has 2 heterocycles. The minimum Gasteiger partial charge on any atom is -0.346 e. The Labute approximate surface area is 131 Å². The second-order valence-corrected chi connectivity index (χ2v) is 8.06. The maximum atomic E-state index is 12.2. The Morgan fingerprint density at radius 2 is 2.23 bits per heavy atom. The number of aromatic nitrogens is 2. The van der Waals surface area contributed by atoms with E-state index < -0.39 is 10.0 Å². The highest BCUT2D eigenvalue weighted by Gasteiger charge is 2.34. The van der Waals surface area contributed by atoms with E-state index in [1.807, 2.05) is 13.8 Å². The quantitative estimate of drug-likeness (QED) is 0.804. The van der Waals surface area contributed by atoms with Gasteiger partial charge in [-0.1, -0.05) is 13.8 Å². The van der Waals surface area contributed by atoms with Crippen LogP contribution in [0.4, 0.5) is 0 Å². The number of nitrogens with zero attached hydrogens (tertiary/aromatic N) is 2. The van der Waals surface area contributed by atoms with Gasteiger partial charge in [0, 0.05) is 25.7 Å². The van der Waals surface area contributed by atoms with E-state index in [2.05, 4.69) is 15.1 Å². The largest absolute Gasteiger partial charge is 0.346 e. The zero-order valence-electron chi connectivity index (χ0n) is 13.2. The number of aryl methyl sites for hydroxylation is 1. The van der Waals surface area contributed by atoms with Crippen LogP contribution < -0.4 is 10.0 Å². The summed E-state index contributed by atoms with van der Waals surface area (Å²) >= 11 is 0. The molecule has 22 heavy (non-hydrogen) atoms. The molecule has 1 aliphatic heterocycles. The van der Waals surface area contributed by atoms with Gasteiger partial charge < -0.3 is 5.32 Å². The van der Waals surface area contributed by atoms with Crippen LogP contribution in [0.25, 0.3) is 0 Å². The Kier molecular flexibility index (Phi) is 5.23. The molecule has 8 heteroatoms. The van der Waals surface area contributed by atoms with Crippen molar-refractivity contribution in [2.75, 3.05) is 5.75 Å². The lowest BCUT2D eigenvalue weighted by Gasteiger charge is -2.32. The van der Waals surface area contributed by atoms with Crippen LogP contribution in [0.15, 0.2) is 12.3 Å². The van der Waals surface area contributed by atoms with Gasteiger partial charge in [-0.15, -0.1) is 0 Å². The lowest BCUT2D eigenvalue weighted by atomic mass is 9.96. The first-order valence-corrected chi connectivity index (χ1v) is 9.21. The van der Waals surface area contributed by atoms with Crippen LogP contribution in [0, 0.1) is 5.92 Å². The number of carbonyl (C=O) groups is 1. The zero-order valence-corrected chi connectivity index (χ0v) is 14.1. The number of hydrogen-bond acceptors (Lipinski definition) is 4. The summed E-state index contributed by atoms with van der Waals surface area (Å²) in [5.74, 6) is 0.368. The smallest absolute Gasteiger partial charge is 0.220 e. The molecule has 2 atom stereocenters. The first kappa shape index (κ1) is 17.0. The third kappa shape index (κ3) is 4.30. The highest BCUT2D eigenvalue weighted by atomic mass is 32.2. The van der Waals surface area contributed by atoms with Crippen LogP contribution in [-0.4, -0.2) is 35.9 Å². The van der Waals surface area contributed by atoms with Crippen molar-refractivity contribution in [1.29, 1.82) is 0 Å². The number of nitrogens with one attached hydrogen (secondary N) is 2. The molecule has 1 amide bonds. The van der Waals surface area contributed by atoms with Gasteiger partial charge >= 0.3 is 0 Å². The molecular formula is C14H24N4O3S. The molecule has 0 aromatic carbocycles. The highest BCUT2D eigenvalue weighted by molar-refractivity contribution is 7.89. The summed E-state index contributed by atoms with van der Waals surface area (Å²) in [6.07, 6.45) is 3.07. The van der Waals surface area contributed by atoms with Crippen LogP contribution in [-0.2, 0) is 21.9 Å². The summed E-state index contributed by atoms with van der Waals surface area (Å²) in [4.78, 5) is 11.7. The molecule has 0 spiro atoms. The normalized spacial score (nSPS) is 22.8. The maximum Gasteiger partial charge on any atom is 0.220 e. The van der Waals surface area contributed by atoms with Gasteiger partial charge in [0.15, 0.2) is 0 Å². The van der Waals surface area contributed by atoms with Crippen molar-refractivity contribution in [3.05, 3.63) is 18.0 Å². The van der Waals surface area contributed by atoms with Crippen molar-refractivity contribution in [3.63, 3.8) is 0 Å². The standard InChI is InChI=1S/C14H24N4O3S/c1-10(2)7-9-22(20,21)17-11-4-5-13(19)16-14(11)12-6-8-15-18(12)3/h6,8,10-11,14,17H,4-5,7,9H2,1-3H3,(H,16,19)/t11-,14-/m1/s1. The van der Waals surface area contributed by atoms with E-state index in [1.165, 1.54) is 0 Å². The molecule has 2 rings (SSSR count). The van der Waals surface area contributed by atoms with E-state index in [0.29, 0.717) is 25.2 Å². The molecule has 1 saturated heterocycles. The van der Waals surface area contributed by atoms with Gasteiger partial charge in [-0.2, -0.15) is 5.10 Å². The van der Waals surface area contributed by atoms with Crippen LogP contribution in [0.3, 0.4) is 0 Å². The van der Waals surface area contributed by atoms with E-state index in [4.69, 9.17) is 0 Å². The first-order valence-electron chi connectivity index (χ1n) is 7.56. The summed E-state index contributed by atoms with van der Waals surface area (Å²) in [6.45, 7) is 3.99. The number of sulfonamides is 1. The fraction of sp³-hybridized carbons (Fsp3) is 0.714. The lowest BCUT2D eigenvalue weighted by molar-refractivity contribution is -0.123. The average Bonchev–Trinajstić information content (AvgIpc) is 2.85. The zero-order chi connectivity index (χ0) is 16.3. The third-order valence-electron chi connectivity index (χ3n) is 3.87. The number of piperidine rings is 1. The van der Waals surface area contributed by atoms with E-state index >= 15 is 0 Å². The summed E-state index contributed by atoms with van der Waals surface area (Å²) in [7, 11) is -1.58. The van der Waals surface area contributed by atoms with Crippen LogP contribution in [0.2, 0.25) is 0 Å². The van der Waals surface area contributed by atoms with Crippen molar-refractivity contribution in [2.24, 2.45) is 13.0 Å². The monoisotopic (exact) mass is 328 g/mol. The predicted octanol–water partition coefficient (Wildman–Crippen LogP) is 0.705. The average molecular weight is 328 g/mol. The maximum absolute atomic E-state index is 12.2. The first-order chi connectivity index (χ1) is 10.3. The van der Waals surface area contributed by atoms with E-state index in [0.717, 1.165) is 5.69 Å². The topological polar surface area (TPSA) is 93.1 Å². The van der Waals surface area contributed by atoms with Gasteiger partial charge in [0.05, 0.1) is 17.5 Å². The van der Waals surface area contributed by atoms with E-state index in [9.17, 15) is 13.2 Å². The minimum absolute atomic E-state index is 0.0659. The molecule has 124 valence electrons. The van der Waals surface area contributed by atoms with Crippen LogP contribution in [0.5, 0.6) is 0 Å². The van der Waals surface area contributed by atoms with Gasteiger partial charge in [0.1, 0.15) is 0 Å². The molecule has 0 radical (unpaired) electrons.